The summed E-state index contributed by atoms with van der Waals surface area (Å²) in [7, 11) is 0. The Morgan fingerprint density at radius 3 is 2.61 bits per heavy atom. The van der Waals surface area contributed by atoms with Gasteiger partial charge in [0, 0.05) is 13.2 Å². The molecule has 2 nitrogen and oxygen atoms in total. The minimum atomic E-state index is 0.510. The van der Waals surface area contributed by atoms with E-state index in [1.165, 1.54) is 25.8 Å². The molecule has 0 aliphatic heterocycles. The number of rotatable bonds is 7. The van der Waals surface area contributed by atoms with E-state index in [-0.39, 0.29) is 0 Å². The molecular formula is C16H33NO. The lowest BCUT2D eigenvalue weighted by Gasteiger charge is -2.41. The molecule has 18 heavy (non-hydrogen) atoms. The van der Waals surface area contributed by atoms with Gasteiger partial charge in [-0.05, 0) is 62.4 Å². The SMILES string of the molecule is CCOCC1CC(C)(C)CCC1CNCC(C)C. The van der Waals surface area contributed by atoms with Crippen LogP contribution in [0.3, 0.4) is 0 Å². The fraction of sp³-hybridized carbons (Fsp3) is 1.00. The fourth-order valence-corrected chi connectivity index (χ4v) is 3.08. The van der Waals surface area contributed by atoms with Gasteiger partial charge in [0.1, 0.15) is 0 Å². The smallest absolute Gasteiger partial charge is 0.0497 e. The first-order valence-corrected chi connectivity index (χ1v) is 7.73. The molecule has 0 spiro atoms. The number of hydrogen-bond donors (Lipinski definition) is 1. The maximum atomic E-state index is 5.70. The van der Waals surface area contributed by atoms with Gasteiger partial charge < -0.3 is 10.1 Å². The van der Waals surface area contributed by atoms with Crippen molar-refractivity contribution in [3.63, 3.8) is 0 Å². The van der Waals surface area contributed by atoms with Crippen LogP contribution in [0.4, 0.5) is 0 Å². The van der Waals surface area contributed by atoms with Gasteiger partial charge in [-0.2, -0.15) is 0 Å². The van der Waals surface area contributed by atoms with Crippen LogP contribution in [0, 0.1) is 23.2 Å². The average molecular weight is 255 g/mol. The van der Waals surface area contributed by atoms with E-state index >= 15 is 0 Å². The molecule has 2 unspecified atom stereocenters. The predicted molar refractivity (Wildman–Crippen MR) is 78.8 cm³/mol. The second kappa shape index (κ2) is 7.49. The first-order chi connectivity index (χ1) is 8.44. The minimum absolute atomic E-state index is 0.510. The first-order valence-electron chi connectivity index (χ1n) is 7.73. The Bertz CT molecular complexity index is 225. The van der Waals surface area contributed by atoms with Gasteiger partial charge in [-0.25, -0.2) is 0 Å². The zero-order valence-corrected chi connectivity index (χ0v) is 13.1. The van der Waals surface area contributed by atoms with E-state index in [2.05, 4.69) is 39.9 Å². The third-order valence-electron chi connectivity index (χ3n) is 4.17. The highest BCUT2D eigenvalue weighted by Gasteiger charge is 2.34. The highest BCUT2D eigenvalue weighted by molar-refractivity contribution is 4.86. The summed E-state index contributed by atoms with van der Waals surface area (Å²) in [4.78, 5) is 0. The fourth-order valence-electron chi connectivity index (χ4n) is 3.08. The molecule has 2 atom stereocenters. The quantitative estimate of drug-likeness (QED) is 0.749. The molecule has 1 aliphatic rings. The van der Waals surface area contributed by atoms with Crippen molar-refractivity contribution in [1.82, 2.24) is 5.32 Å². The molecule has 2 heteroatoms. The molecule has 0 amide bonds. The van der Waals surface area contributed by atoms with E-state index in [1.807, 2.05) is 0 Å². The van der Waals surface area contributed by atoms with Crippen LogP contribution in [0.15, 0.2) is 0 Å². The van der Waals surface area contributed by atoms with Crippen molar-refractivity contribution in [2.24, 2.45) is 23.2 Å². The summed E-state index contributed by atoms with van der Waals surface area (Å²) in [5, 5.41) is 3.63. The molecule has 0 aromatic heterocycles. The number of ether oxygens (including phenoxy) is 1. The van der Waals surface area contributed by atoms with Gasteiger partial charge >= 0.3 is 0 Å². The van der Waals surface area contributed by atoms with Gasteiger partial charge in [-0.1, -0.05) is 27.7 Å². The molecule has 1 rings (SSSR count). The Morgan fingerprint density at radius 1 is 1.28 bits per heavy atom. The van der Waals surface area contributed by atoms with Gasteiger partial charge in [0.05, 0.1) is 0 Å². The second-order valence-electron chi connectivity index (χ2n) is 7.14. The largest absolute Gasteiger partial charge is 0.381 e. The van der Waals surface area contributed by atoms with Crippen LogP contribution in [0.25, 0.3) is 0 Å². The van der Waals surface area contributed by atoms with E-state index < -0.39 is 0 Å². The summed E-state index contributed by atoms with van der Waals surface area (Å²) < 4.78 is 5.70. The molecule has 108 valence electrons. The molecule has 0 heterocycles. The van der Waals surface area contributed by atoms with Crippen LogP contribution in [-0.2, 0) is 4.74 Å². The molecule has 1 saturated carbocycles. The van der Waals surface area contributed by atoms with Crippen molar-refractivity contribution >= 4 is 0 Å². The Morgan fingerprint density at radius 2 is 2.00 bits per heavy atom. The standard InChI is InChI=1S/C16H33NO/c1-6-18-12-15-9-16(4,5)8-7-14(15)11-17-10-13(2)3/h13-15,17H,6-12H2,1-5H3. The summed E-state index contributed by atoms with van der Waals surface area (Å²) in [5.41, 5.74) is 0.510. The maximum Gasteiger partial charge on any atom is 0.0497 e. The second-order valence-corrected chi connectivity index (χ2v) is 7.14. The summed E-state index contributed by atoms with van der Waals surface area (Å²) in [6.45, 7) is 15.6. The summed E-state index contributed by atoms with van der Waals surface area (Å²) in [6.07, 6.45) is 4.04. The summed E-state index contributed by atoms with van der Waals surface area (Å²) in [5.74, 6) is 2.30. The topological polar surface area (TPSA) is 21.3 Å². The minimum Gasteiger partial charge on any atom is -0.381 e. The molecule has 0 aromatic rings. The van der Waals surface area contributed by atoms with Crippen molar-refractivity contribution in [1.29, 1.82) is 0 Å². The number of hydrogen-bond acceptors (Lipinski definition) is 2. The Labute approximate surface area is 114 Å². The average Bonchev–Trinajstić information content (AvgIpc) is 2.28. The Hall–Kier alpha value is -0.0800. The first kappa shape index (κ1) is 16.0. The van der Waals surface area contributed by atoms with Crippen molar-refractivity contribution in [2.45, 2.75) is 53.9 Å². The van der Waals surface area contributed by atoms with E-state index in [0.29, 0.717) is 5.41 Å². The van der Waals surface area contributed by atoms with Gasteiger partial charge in [0.25, 0.3) is 0 Å². The number of nitrogens with one attached hydrogen (secondary N) is 1. The molecule has 1 N–H and O–H groups in total. The van der Waals surface area contributed by atoms with Crippen LogP contribution in [0.2, 0.25) is 0 Å². The third kappa shape index (κ3) is 5.71. The summed E-state index contributed by atoms with van der Waals surface area (Å²) >= 11 is 0. The predicted octanol–water partition coefficient (Wildman–Crippen LogP) is 3.71. The van der Waals surface area contributed by atoms with Crippen LogP contribution < -0.4 is 5.32 Å². The third-order valence-corrected chi connectivity index (χ3v) is 4.17. The van der Waals surface area contributed by atoms with Crippen molar-refractivity contribution in [3.05, 3.63) is 0 Å². The van der Waals surface area contributed by atoms with E-state index in [9.17, 15) is 0 Å². The van der Waals surface area contributed by atoms with E-state index in [1.54, 1.807) is 0 Å². The summed E-state index contributed by atoms with van der Waals surface area (Å²) in [6, 6.07) is 0. The molecule has 0 aromatic carbocycles. The Balaban J connectivity index is 2.42. The van der Waals surface area contributed by atoms with Gasteiger partial charge in [-0.3, -0.25) is 0 Å². The van der Waals surface area contributed by atoms with E-state index in [0.717, 1.165) is 37.5 Å². The van der Waals surface area contributed by atoms with Crippen molar-refractivity contribution in [2.75, 3.05) is 26.3 Å². The highest BCUT2D eigenvalue weighted by atomic mass is 16.5. The normalized spacial score (nSPS) is 27.7. The molecule has 0 bridgehead atoms. The lowest BCUT2D eigenvalue weighted by Crippen LogP contribution is -2.38. The molecule has 1 aliphatic carbocycles. The van der Waals surface area contributed by atoms with Gasteiger partial charge in [0.2, 0.25) is 0 Å². The van der Waals surface area contributed by atoms with Crippen LogP contribution in [0.1, 0.15) is 53.9 Å². The van der Waals surface area contributed by atoms with Crippen LogP contribution in [-0.4, -0.2) is 26.3 Å². The zero-order chi connectivity index (χ0) is 13.6. The lowest BCUT2D eigenvalue weighted by molar-refractivity contribution is 0.0293. The lowest BCUT2D eigenvalue weighted by atomic mass is 9.67. The molecule has 0 saturated heterocycles. The zero-order valence-electron chi connectivity index (χ0n) is 13.1. The molecule has 1 fully saturated rings. The Kier molecular flexibility index (Phi) is 6.65. The maximum absolute atomic E-state index is 5.70. The van der Waals surface area contributed by atoms with Crippen molar-refractivity contribution < 1.29 is 4.74 Å². The van der Waals surface area contributed by atoms with E-state index in [4.69, 9.17) is 4.74 Å². The molecular weight excluding hydrogens is 222 g/mol. The monoisotopic (exact) mass is 255 g/mol. The van der Waals surface area contributed by atoms with Crippen LogP contribution in [0.5, 0.6) is 0 Å². The van der Waals surface area contributed by atoms with Crippen LogP contribution >= 0.6 is 0 Å². The van der Waals surface area contributed by atoms with Gasteiger partial charge in [-0.15, -0.1) is 0 Å². The molecule has 0 radical (unpaired) electrons. The van der Waals surface area contributed by atoms with Gasteiger partial charge in [0.15, 0.2) is 0 Å². The highest BCUT2D eigenvalue weighted by Crippen LogP contribution is 2.41. The van der Waals surface area contributed by atoms with Crippen molar-refractivity contribution in [3.8, 4) is 0 Å².